The Morgan fingerprint density at radius 3 is 1.02 bits per heavy atom. The fourth-order valence-electron chi connectivity index (χ4n) is 12.6. The minimum atomic E-state index is -0.787. The molecule has 0 atom stereocenters. The van der Waals surface area contributed by atoms with Crippen LogP contribution in [-0.4, -0.2) is 132 Å². The lowest BCUT2D eigenvalue weighted by atomic mass is 10.1. The van der Waals surface area contributed by atoms with E-state index in [1.54, 1.807) is 36.4 Å². The van der Waals surface area contributed by atoms with Gasteiger partial charge in [0.25, 0.3) is 17.6 Å². The summed E-state index contributed by atoms with van der Waals surface area (Å²) in [5.41, 5.74) is 12.7. The average molecular weight is 1350 g/mol. The number of hydrogen-bond donors (Lipinski definition) is 4. The van der Waals surface area contributed by atoms with Crippen molar-refractivity contribution in [1.82, 2.24) is 45.0 Å². The Hall–Kier alpha value is -10.6. The van der Waals surface area contributed by atoms with Crippen LogP contribution in [0.4, 0.5) is 77.9 Å². The second kappa shape index (κ2) is 30.1. The summed E-state index contributed by atoms with van der Waals surface area (Å²) >= 11 is 0. The summed E-state index contributed by atoms with van der Waals surface area (Å²) in [6, 6.07) is 33.2. The number of ether oxygens (including phenoxy) is 3. The monoisotopic (exact) mass is 1350 g/mol. The van der Waals surface area contributed by atoms with E-state index in [1.807, 2.05) is 93.6 Å². The molecule has 24 heteroatoms. The van der Waals surface area contributed by atoms with E-state index >= 15 is 13.2 Å². The van der Waals surface area contributed by atoms with Gasteiger partial charge in [0.2, 0.25) is 17.5 Å². The Kier molecular flexibility index (Phi) is 20.3. The van der Waals surface area contributed by atoms with E-state index < -0.39 is 34.9 Å². The van der Waals surface area contributed by atoms with Crippen molar-refractivity contribution in [2.45, 2.75) is 47.0 Å². The maximum Gasteiger partial charge on any atom is 0.261 e. The van der Waals surface area contributed by atoms with E-state index in [1.165, 1.54) is 37.2 Å². The molecule has 0 saturated carbocycles. The zero-order valence-corrected chi connectivity index (χ0v) is 55.6. The maximum absolute atomic E-state index is 15.1. The fraction of sp³-hybridized carbons (Fsp3) is 0.280. The van der Waals surface area contributed by atoms with Crippen LogP contribution in [0.2, 0.25) is 0 Å². The molecule has 0 radical (unpaired) electrons. The summed E-state index contributed by atoms with van der Waals surface area (Å²) in [5, 5.41) is 12.2. The molecule has 15 rings (SSSR count). The Morgan fingerprint density at radius 2 is 0.697 bits per heavy atom. The predicted molar refractivity (Wildman–Crippen MR) is 376 cm³/mol. The number of benzene rings is 6. The van der Waals surface area contributed by atoms with Crippen LogP contribution < -0.4 is 50.2 Å². The molecule has 3 fully saturated rings. The van der Waals surface area contributed by atoms with E-state index in [2.05, 4.69) is 89.6 Å². The molecule has 4 N–H and O–H groups in total. The first-order chi connectivity index (χ1) is 48.1. The SMILES string of the molecule is CC1=Cc2c(ccc(Oc3ncnc(Nc4ccc(N5CCN(C)CC5)cc4)c3F)c2F)C1.CC1=Cc2c(ccc(Oc3ncnc(Nc4ccc(N5CCNCC5)cc4)c3F)c2F)C1.CCN1CCN(c2ccc(Nc3ncnc(Oc4ccc5c(c4F)C=C(C)C5)c3F)cc2)CC1. The van der Waals surface area contributed by atoms with Crippen LogP contribution in [0.5, 0.6) is 34.9 Å². The summed E-state index contributed by atoms with van der Waals surface area (Å²) in [4.78, 5) is 35.2. The standard InChI is InChI=1S/C26H27F2N5O.C25H25F2N5O.C24H23F2N5O/c1-3-32-10-12-33(13-11-32)20-7-5-19(6-8-20)31-25-24(28)26(30-16-29-25)34-22-9-4-18-14-17(2)15-21(18)23(22)27;1-16-13-17-3-8-21(22(26)20(17)14-16)33-25-23(27)24(28-15-29-25)30-18-4-6-19(7-5-18)32-11-9-31(2)10-12-32;1-15-12-16-2-7-20(21(25)19(16)13-15)32-24-22(26)23(28-14-29-24)30-17-3-5-18(6-4-17)31-10-8-27-9-11-31/h4-9,15-16H,3,10-14H2,1-2H3,(H,29,30,31);3-8,14-15H,9-13H2,1-2H3,(H,28,29,30);2-7,13-14,27H,8-12H2,1H3,(H,28,29,30). The number of allylic oxidation sites excluding steroid dienone is 3. The molecule has 0 spiro atoms. The Morgan fingerprint density at radius 1 is 0.384 bits per heavy atom. The van der Waals surface area contributed by atoms with Crippen LogP contribution in [0.15, 0.2) is 145 Å². The molecule has 0 bridgehead atoms. The molecule has 6 aliphatic rings. The van der Waals surface area contributed by atoms with Crippen LogP contribution in [0.25, 0.3) is 18.2 Å². The lowest BCUT2D eigenvalue weighted by Crippen LogP contribution is -2.46. The quantitative estimate of drug-likeness (QED) is 0.0673. The molecule has 18 nitrogen and oxygen atoms in total. The fourth-order valence-corrected chi connectivity index (χ4v) is 12.6. The first kappa shape index (κ1) is 67.0. The number of nitrogens with zero attached hydrogens (tertiary/aromatic N) is 11. The van der Waals surface area contributed by atoms with Crippen LogP contribution in [-0.2, 0) is 19.3 Å². The van der Waals surface area contributed by atoms with Crippen molar-refractivity contribution in [2.75, 3.05) is 123 Å². The van der Waals surface area contributed by atoms with E-state index in [-0.39, 0.29) is 52.3 Å². The summed E-state index contributed by atoms with van der Waals surface area (Å²) in [6.07, 6.45) is 11.0. The molecule has 0 unspecified atom stereocenters. The Balaban J connectivity index is 0.000000133. The molecule has 3 aliphatic heterocycles. The molecule has 3 aromatic heterocycles. The summed E-state index contributed by atoms with van der Waals surface area (Å²) in [6.45, 7) is 20.9. The number of rotatable bonds is 16. The van der Waals surface area contributed by atoms with Gasteiger partial charge in [-0.1, -0.05) is 60.1 Å². The maximum atomic E-state index is 15.1. The van der Waals surface area contributed by atoms with E-state index in [0.717, 1.165) is 136 Å². The second-order valence-corrected chi connectivity index (χ2v) is 25.1. The van der Waals surface area contributed by atoms with Gasteiger partial charge in [-0.2, -0.15) is 28.1 Å². The first-order valence-electron chi connectivity index (χ1n) is 33.1. The summed E-state index contributed by atoms with van der Waals surface area (Å²) in [5.74, 6) is -5.23. The molecule has 3 aliphatic carbocycles. The molecular formula is C75H75F6N15O3. The molecule has 6 heterocycles. The largest absolute Gasteiger partial charge is 0.433 e. The van der Waals surface area contributed by atoms with Gasteiger partial charge in [0.1, 0.15) is 19.0 Å². The van der Waals surface area contributed by atoms with Crippen molar-refractivity contribution in [1.29, 1.82) is 0 Å². The average Bonchev–Trinajstić information content (AvgIpc) is 1.86. The Labute approximate surface area is 570 Å². The molecule has 6 aromatic carbocycles. The number of aromatic nitrogens is 6. The third-order valence-corrected chi connectivity index (χ3v) is 18.1. The van der Waals surface area contributed by atoms with Gasteiger partial charge in [-0.05, 0) is 161 Å². The number of piperazine rings is 3. The molecular weight excluding hydrogens is 1270 g/mol. The van der Waals surface area contributed by atoms with E-state index in [9.17, 15) is 13.2 Å². The second-order valence-electron chi connectivity index (χ2n) is 25.1. The third-order valence-electron chi connectivity index (χ3n) is 18.1. The topological polar surface area (TPSA) is 169 Å². The van der Waals surface area contributed by atoms with Crippen molar-refractivity contribution in [3.05, 3.63) is 213 Å². The van der Waals surface area contributed by atoms with Gasteiger partial charge in [-0.15, -0.1) is 0 Å². The smallest absolute Gasteiger partial charge is 0.261 e. The zero-order valence-electron chi connectivity index (χ0n) is 55.6. The lowest BCUT2D eigenvalue weighted by molar-refractivity contribution is 0.271. The lowest BCUT2D eigenvalue weighted by Gasteiger charge is -2.35. The van der Waals surface area contributed by atoms with Crippen LogP contribution >= 0.6 is 0 Å². The predicted octanol–water partition coefficient (Wildman–Crippen LogP) is 15.1. The van der Waals surface area contributed by atoms with E-state index in [0.29, 0.717) is 53.0 Å². The van der Waals surface area contributed by atoms with Crippen molar-refractivity contribution in [2.24, 2.45) is 0 Å². The number of nitrogens with one attached hydrogen (secondary N) is 4. The van der Waals surface area contributed by atoms with Gasteiger partial charge in [-0.3, -0.25) is 0 Å². The van der Waals surface area contributed by atoms with Crippen molar-refractivity contribution in [3.8, 4) is 34.9 Å². The van der Waals surface area contributed by atoms with Crippen LogP contribution in [0.1, 0.15) is 61.1 Å². The highest BCUT2D eigenvalue weighted by Crippen LogP contribution is 2.40. The molecule has 510 valence electrons. The minimum absolute atomic E-state index is 0.0355. The number of hydrogen-bond acceptors (Lipinski definition) is 18. The molecule has 3 saturated heterocycles. The molecule has 0 amide bonds. The van der Waals surface area contributed by atoms with Crippen LogP contribution in [0, 0.1) is 34.9 Å². The van der Waals surface area contributed by atoms with Crippen molar-refractivity contribution < 1.29 is 40.6 Å². The number of fused-ring (bicyclic) bond motifs is 3. The molecule has 99 heavy (non-hydrogen) atoms. The highest BCUT2D eigenvalue weighted by Gasteiger charge is 2.26. The molecule has 9 aromatic rings. The third kappa shape index (κ3) is 15.6. The van der Waals surface area contributed by atoms with E-state index in [4.69, 9.17) is 14.2 Å². The number of halogens is 6. The number of anilines is 9. The first-order valence-corrected chi connectivity index (χ1v) is 33.1. The zero-order chi connectivity index (χ0) is 68.7. The van der Waals surface area contributed by atoms with Crippen molar-refractivity contribution in [3.63, 3.8) is 0 Å². The summed E-state index contributed by atoms with van der Waals surface area (Å²) < 4.78 is 106. The van der Waals surface area contributed by atoms with Gasteiger partial charge in [0.15, 0.2) is 52.2 Å². The highest BCUT2D eigenvalue weighted by atomic mass is 19.1. The van der Waals surface area contributed by atoms with Gasteiger partial charge in [-0.25, -0.2) is 28.1 Å². The van der Waals surface area contributed by atoms with Crippen LogP contribution in [0.3, 0.4) is 0 Å². The van der Waals surface area contributed by atoms with Gasteiger partial charge in [0, 0.05) is 129 Å². The number of likely N-dealkylation sites (N-methyl/N-ethyl adjacent to an activating group) is 2. The van der Waals surface area contributed by atoms with Gasteiger partial charge < -0.3 is 60.0 Å². The minimum Gasteiger partial charge on any atom is -0.433 e. The summed E-state index contributed by atoms with van der Waals surface area (Å²) in [7, 11) is 2.12. The normalized spacial score (nSPS) is 15.7. The Bertz CT molecular complexity index is 4500. The van der Waals surface area contributed by atoms with Gasteiger partial charge >= 0.3 is 0 Å². The van der Waals surface area contributed by atoms with Gasteiger partial charge in [0.05, 0.1) is 0 Å². The highest BCUT2D eigenvalue weighted by molar-refractivity contribution is 5.70. The van der Waals surface area contributed by atoms with Crippen molar-refractivity contribution >= 4 is 69.8 Å².